The third kappa shape index (κ3) is 5.90. The first-order chi connectivity index (χ1) is 17.4. The Morgan fingerprint density at radius 2 is 1.97 bits per heavy atom. The number of likely N-dealkylation sites (tertiary alicyclic amines) is 1. The second-order valence-electron chi connectivity index (χ2n) is 9.52. The fourth-order valence-electron chi connectivity index (χ4n) is 5.14. The zero-order valence-corrected chi connectivity index (χ0v) is 21.2. The molecule has 1 atom stereocenters. The number of phenols is 1. The molecule has 0 aliphatic carbocycles. The molecule has 3 aromatic rings. The van der Waals surface area contributed by atoms with Gasteiger partial charge in [-0.25, -0.2) is 4.39 Å². The predicted molar refractivity (Wildman–Crippen MR) is 137 cm³/mol. The molecular formula is C29H35FN2O4. The number of rotatable bonds is 9. The average Bonchev–Trinajstić information content (AvgIpc) is 3.31. The molecule has 36 heavy (non-hydrogen) atoms. The lowest BCUT2D eigenvalue weighted by molar-refractivity contribution is 0.0581. The van der Waals surface area contributed by atoms with Gasteiger partial charge < -0.3 is 19.2 Å². The van der Waals surface area contributed by atoms with Gasteiger partial charge in [-0.2, -0.15) is 0 Å². The number of likely N-dealkylation sites (N-methyl/N-ethyl adjacent to an activating group) is 1. The monoisotopic (exact) mass is 494 g/mol. The third-order valence-electron chi connectivity index (χ3n) is 7.20. The number of amides is 1. The lowest BCUT2D eigenvalue weighted by atomic mass is 9.84. The van der Waals surface area contributed by atoms with Crippen LogP contribution in [0.15, 0.2) is 59.2 Å². The minimum absolute atomic E-state index is 0.0995. The molecule has 2 heterocycles. The number of aryl methyl sites for hydroxylation is 1. The van der Waals surface area contributed by atoms with E-state index in [2.05, 4.69) is 4.90 Å². The molecule has 2 aromatic carbocycles. The Kier molecular flexibility index (Phi) is 8.31. The van der Waals surface area contributed by atoms with Gasteiger partial charge in [0.1, 0.15) is 11.6 Å². The fourth-order valence-corrected chi connectivity index (χ4v) is 5.14. The van der Waals surface area contributed by atoms with Gasteiger partial charge >= 0.3 is 0 Å². The number of halogens is 1. The first-order valence-electron chi connectivity index (χ1n) is 12.6. The molecule has 7 heteroatoms. The number of aromatic hydroxyl groups is 1. The molecule has 1 saturated heterocycles. The number of hydrogen-bond acceptors (Lipinski definition) is 5. The first-order valence-corrected chi connectivity index (χ1v) is 12.6. The van der Waals surface area contributed by atoms with Gasteiger partial charge in [0.15, 0.2) is 11.5 Å². The molecule has 1 aliphatic rings. The Morgan fingerprint density at radius 1 is 1.22 bits per heavy atom. The number of ether oxygens (including phenoxy) is 1. The SMILES string of the molecule is CCOc1cc(CN2CCC([C@H](Cc3ccccc3F)N(C)C(=O)c3ccoc3C)CC2)ccc1O. The summed E-state index contributed by atoms with van der Waals surface area (Å²) in [6.45, 7) is 6.67. The molecule has 0 saturated carbocycles. The predicted octanol–water partition coefficient (Wildman–Crippen LogP) is 5.43. The highest BCUT2D eigenvalue weighted by Gasteiger charge is 2.33. The number of furan rings is 1. The van der Waals surface area contributed by atoms with Crippen molar-refractivity contribution >= 4 is 5.91 Å². The summed E-state index contributed by atoms with van der Waals surface area (Å²) >= 11 is 0. The van der Waals surface area contributed by atoms with Crippen LogP contribution in [0.4, 0.5) is 4.39 Å². The van der Waals surface area contributed by atoms with E-state index < -0.39 is 0 Å². The van der Waals surface area contributed by atoms with Crippen LogP contribution < -0.4 is 4.74 Å². The van der Waals surface area contributed by atoms with E-state index in [1.807, 2.05) is 32.2 Å². The van der Waals surface area contributed by atoms with Crippen molar-refractivity contribution in [1.82, 2.24) is 9.80 Å². The maximum Gasteiger partial charge on any atom is 0.257 e. The lowest BCUT2D eigenvalue weighted by Crippen LogP contribution is -2.47. The molecule has 0 bridgehead atoms. The largest absolute Gasteiger partial charge is 0.504 e. The molecular weight excluding hydrogens is 459 g/mol. The van der Waals surface area contributed by atoms with Crippen LogP contribution in [0.2, 0.25) is 0 Å². The summed E-state index contributed by atoms with van der Waals surface area (Å²) in [5.41, 5.74) is 2.26. The molecule has 0 spiro atoms. The van der Waals surface area contributed by atoms with Crippen molar-refractivity contribution in [3.8, 4) is 11.5 Å². The Hall–Kier alpha value is -3.32. The van der Waals surface area contributed by atoms with E-state index in [1.165, 1.54) is 12.3 Å². The minimum atomic E-state index is -0.238. The standard InChI is InChI=1S/C29H35FN2O4/c1-4-35-28-17-21(9-10-27(28)33)19-32-14-11-22(12-15-32)26(18-23-7-5-6-8-25(23)30)31(3)29(34)24-13-16-36-20(24)2/h5-10,13,16-17,22,26,33H,4,11-12,14-15,18-19H2,1-3H3/t26-/m0/s1. The number of carbonyl (C=O) groups excluding carboxylic acids is 1. The quantitative estimate of drug-likeness (QED) is 0.430. The molecule has 1 fully saturated rings. The van der Waals surface area contributed by atoms with Gasteiger partial charge in [0.2, 0.25) is 0 Å². The highest BCUT2D eigenvalue weighted by atomic mass is 19.1. The van der Waals surface area contributed by atoms with Crippen molar-refractivity contribution < 1.29 is 23.4 Å². The second-order valence-corrected chi connectivity index (χ2v) is 9.52. The fraction of sp³-hybridized carbons (Fsp3) is 0.414. The maximum absolute atomic E-state index is 14.6. The third-order valence-corrected chi connectivity index (χ3v) is 7.20. The summed E-state index contributed by atoms with van der Waals surface area (Å²) in [6, 6.07) is 13.9. The van der Waals surface area contributed by atoms with Crippen LogP contribution >= 0.6 is 0 Å². The summed E-state index contributed by atoms with van der Waals surface area (Å²) in [5, 5.41) is 9.99. The van der Waals surface area contributed by atoms with Crippen LogP contribution in [0.1, 0.15) is 47.0 Å². The van der Waals surface area contributed by atoms with Gasteiger partial charge in [0, 0.05) is 19.6 Å². The molecule has 0 unspecified atom stereocenters. The van der Waals surface area contributed by atoms with Crippen LogP contribution in [0.3, 0.4) is 0 Å². The molecule has 0 radical (unpaired) electrons. The van der Waals surface area contributed by atoms with E-state index >= 15 is 0 Å². The second kappa shape index (κ2) is 11.6. The van der Waals surface area contributed by atoms with E-state index in [9.17, 15) is 14.3 Å². The van der Waals surface area contributed by atoms with E-state index in [4.69, 9.17) is 9.15 Å². The van der Waals surface area contributed by atoms with Crippen molar-refractivity contribution in [2.45, 2.75) is 45.7 Å². The normalized spacial score (nSPS) is 15.6. The summed E-state index contributed by atoms with van der Waals surface area (Å²) in [5.74, 6) is 1.14. The van der Waals surface area contributed by atoms with Gasteiger partial charge in [-0.15, -0.1) is 0 Å². The number of carbonyl (C=O) groups is 1. The number of phenolic OH excluding ortho intramolecular Hbond substituents is 1. The molecule has 1 aromatic heterocycles. The van der Waals surface area contributed by atoms with Crippen LogP contribution in [-0.4, -0.2) is 53.6 Å². The van der Waals surface area contributed by atoms with Gasteiger partial charge in [-0.3, -0.25) is 9.69 Å². The van der Waals surface area contributed by atoms with Crippen molar-refractivity contribution in [2.75, 3.05) is 26.7 Å². The van der Waals surface area contributed by atoms with E-state index in [-0.39, 0.29) is 29.4 Å². The van der Waals surface area contributed by atoms with E-state index in [1.54, 1.807) is 36.1 Å². The van der Waals surface area contributed by atoms with Crippen LogP contribution in [-0.2, 0) is 13.0 Å². The molecule has 4 rings (SSSR count). The average molecular weight is 495 g/mol. The molecule has 1 amide bonds. The summed E-state index contributed by atoms with van der Waals surface area (Å²) in [6.07, 6.45) is 3.79. The van der Waals surface area contributed by atoms with E-state index in [0.29, 0.717) is 35.7 Å². The Labute approximate surface area is 212 Å². The highest BCUT2D eigenvalue weighted by Crippen LogP contribution is 2.31. The number of hydrogen-bond donors (Lipinski definition) is 1. The topological polar surface area (TPSA) is 66.2 Å². The lowest BCUT2D eigenvalue weighted by Gasteiger charge is -2.40. The summed E-state index contributed by atoms with van der Waals surface area (Å²) in [7, 11) is 1.82. The zero-order chi connectivity index (χ0) is 25.7. The smallest absolute Gasteiger partial charge is 0.257 e. The minimum Gasteiger partial charge on any atom is -0.504 e. The van der Waals surface area contributed by atoms with Crippen molar-refractivity contribution in [3.05, 3.63) is 83.1 Å². The summed E-state index contributed by atoms with van der Waals surface area (Å²) < 4.78 is 25.5. The van der Waals surface area contributed by atoms with Gasteiger partial charge in [-0.05, 0) is 87.5 Å². The van der Waals surface area contributed by atoms with Gasteiger partial charge in [0.25, 0.3) is 5.91 Å². The van der Waals surface area contributed by atoms with Gasteiger partial charge in [-0.1, -0.05) is 24.3 Å². The molecule has 1 N–H and O–H groups in total. The summed E-state index contributed by atoms with van der Waals surface area (Å²) in [4.78, 5) is 17.5. The van der Waals surface area contributed by atoms with Crippen LogP contribution in [0.5, 0.6) is 11.5 Å². The maximum atomic E-state index is 14.6. The van der Waals surface area contributed by atoms with Gasteiger partial charge in [0.05, 0.1) is 18.4 Å². The van der Waals surface area contributed by atoms with Crippen molar-refractivity contribution in [1.29, 1.82) is 0 Å². The Morgan fingerprint density at radius 3 is 2.64 bits per heavy atom. The van der Waals surface area contributed by atoms with Crippen LogP contribution in [0.25, 0.3) is 0 Å². The zero-order valence-electron chi connectivity index (χ0n) is 21.2. The van der Waals surface area contributed by atoms with Crippen molar-refractivity contribution in [3.63, 3.8) is 0 Å². The van der Waals surface area contributed by atoms with Crippen molar-refractivity contribution in [2.24, 2.45) is 5.92 Å². The highest BCUT2D eigenvalue weighted by molar-refractivity contribution is 5.95. The number of piperidine rings is 1. The molecule has 6 nitrogen and oxygen atoms in total. The Balaban J connectivity index is 1.47. The Bertz CT molecular complexity index is 1170. The molecule has 1 aliphatic heterocycles. The first kappa shape index (κ1) is 25.8. The molecule has 192 valence electrons. The number of benzene rings is 2. The van der Waals surface area contributed by atoms with E-state index in [0.717, 1.165) is 38.0 Å². The van der Waals surface area contributed by atoms with Crippen LogP contribution in [0, 0.1) is 18.7 Å². The number of nitrogens with zero attached hydrogens (tertiary/aromatic N) is 2.